The fourth-order valence-corrected chi connectivity index (χ4v) is 4.20. The van der Waals surface area contributed by atoms with Gasteiger partial charge in [0.1, 0.15) is 6.54 Å². The third-order valence-corrected chi connectivity index (χ3v) is 5.66. The second-order valence-electron chi connectivity index (χ2n) is 6.50. The maximum atomic E-state index is 12.8. The number of hydrogen-bond acceptors (Lipinski definition) is 5. The summed E-state index contributed by atoms with van der Waals surface area (Å²) in [7, 11) is 1.28. The summed E-state index contributed by atoms with van der Waals surface area (Å²) in [4.78, 5) is 39.6. The molecule has 6 nitrogen and oxygen atoms in total. The van der Waals surface area contributed by atoms with E-state index < -0.39 is 17.9 Å². The second-order valence-corrected chi connectivity index (χ2v) is 7.48. The number of anilines is 1. The van der Waals surface area contributed by atoms with Gasteiger partial charge in [-0.05, 0) is 36.9 Å². The van der Waals surface area contributed by atoms with Crippen molar-refractivity contribution in [3.05, 3.63) is 52.2 Å². The molecule has 0 radical (unpaired) electrons. The van der Waals surface area contributed by atoms with Gasteiger partial charge in [0.2, 0.25) is 11.8 Å². The minimum atomic E-state index is -0.502. The molecule has 27 heavy (non-hydrogen) atoms. The van der Waals surface area contributed by atoms with Crippen molar-refractivity contribution in [1.82, 2.24) is 5.32 Å². The summed E-state index contributed by atoms with van der Waals surface area (Å²) in [5.41, 5.74) is 1.87. The summed E-state index contributed by atoms with van der Waals surface area (Å²) >= 11 is 1.52. The normalized spacial score (nSPS) is 19.6. The second kappa shape index (κ2) is 8.35. The average Bonchev–Trinajstić information content (AvgIpc) is 3.20. The van der Waals surface area contributed by atoms with Gasteiger partial charge in [0.15, 0.2) is 0 Å². The number of methoxy groups -OCH3 is 1. The van der Waals surface area contributed by atoms with Crippen LogP contribution in [0.25, 0.3) is 0 Å². The molecule has 1 aliphatic heterocycles. The van der Waals surface area contributed by atoms with E-state index in [0.29, 0.717) is 6.42 Å². The Labute approximate surface area is 162 Å². The number of hydrogen-bond donors (Lipinski definition) is 1. The highest BCUT2D eigenvalue weighted by molar-refractivity contribution is 7.10. The first kappa shape index (κ1) is 19.1. The molecule has 1 N–H and O–H groups in total. The Morgan fingerprint density at radius 3 is 2.63 bits per heavy atom. The number of carbonyl (C=O) groups excluding carboxylic acids is 3. The Morgan fingerprint density at radius 1 is 1.26 bits per heavy atom. The van der Waals surface area contributed by atoms with Gasteiger partial charge < -0.3 is 15.0 Å². The molecule has 1 aromatic carbocycles. The highest BCUT2D eigenvalue weighted by atomic mass is 32.1. The molecule has 1 aromatic heterocycles. The summed E-state index contributed by atoms with van der Waals surface area (Å²) in [6.45, 7) is 1.81. The van der Waals surface area contributed by atoms with Crippen LogP contribution in [0.5, 0.6) is 0 Å². The van der Waals surface area contributed by atoms with E-state index in [-0.39, 0.29) is 24.8 Å². The van der Waals surface area contributed by atoms with Crippen molar-refractivity contribution in [2.75, 3.05) is 18.6 Å². The lowest BCUT2D eigenvalue weighted by Gasteiger charge is -2.40. The van der Waals surface area contributed by atoms with Crippen molar-refractivity contribution in [2.24, 2.45) is 5.92 Å². The number of esters is 1. The standard InChI is InChI=1S/C20H22N2O4S/c1-13-5-7-14(8-6-13)22-17(23)10-9-15(19(22)16-4-3-11-27-16)20(25)21-12-18(24)26-2/h3-8,11,15,19H,9-10,12H2,1-2H3,(H,21,25). The molecule has 2 heterocycles. The van der Waals surface area contributed by atoms with Gasteiger partial charge in [-0.15, -0.1) is 11.3 Å². The molecule has 0 spiro atoms. The van der Waals surface area contributed by atoms with Crippen LogP contribution in [0.2, 0.25) is 0 Å². The molecule has 0 bridgehead atoms. The number of benzene rings is 1. The third-order valence-electron chi connectivity index (χ3n) is 4.72. The lowest BCUT2D eigenvalue weighted by molar-refractivity contribution is -0.142. The Balaban J connectivity index is 1.93. The molecule has 1 saturated heterocycles. The van der Waals surface area contributed by atoms with Crippen LogP contribution in [0.1, 0.15) is 29.3 Å². The molecule has 142 valence electrons. The quantitative estimate of drug-likeness (QED) is 0.802. The SMILES string of the molecule is COC(=O)CNC(=O)C1CCC(=O)N(c2ccc(C)cc2)C1c1cccs1. The fourth-order valence-electron chi connectivity index (χ4n) is 3.32. The van der Waals surface area contributed by atoms with E-state index in [1.165, 1.54) is 18.4 Å². The Morgan fingerprint density at radius 2 is 2.00 bits per heavy atom. The predicted molar refractivity (Wildman–Crippen MR) is 103 cm³/mol. The van der Waals surface area contributed by atoms with Crippen LogP contribution in [-0.4, -0.2) is 31.4 Å². The minimum Gasteiger partial charge on any atom is -0.468 e. The molecule has 0 aliphatic carbocycles. The molecule has 2 amide bonds. The van der Waals surface area contributed by atoms with E-state index in [2.05, 4.69) is 10.1 Å². The minimum absolute atomic E-state index is 0.00530. The first-order valence-electron chi connectivity index (χ1n) is 8.78. The number of nitrogens with one attached hydrogen (secondary N) is 1. The van der Waals surface area contributed by atoms with Gasteiger partial charge in [0.05, 0.1) is 19.1 Å². The highest BCUT2D eigenvalue weighted by Crippen LogP contribution is 2.41. The first-order chi connectivity index (χ1) is 13.0. The van der Waals surface area contributed by atoms with E-state index in [0.717, 1.165) is 16.1 Å². The van der Waals surface area contributed by atoms with E-state index in [9.17, 15) is 14.4 Å². The van der Waals surface area contributed by atoms with Crippen LogP contribution >= 0.6 is 11.3 Å². The molecule has 2 atom stereocenters. The molecule has 7 heteroatoms. The van der Waals surface area contributed by atoms with Crippen LogP contribution in [0.3, 0.4) is 0 Å². The topological polar surface area (TPSA) is 75.7 Å². The van der Waals surface area contributed by atoms with E-state index >= 15 is 0 Å². The van der Waals surface area contributed by atoms with Gasteiger partial charge in [-0.1, -0.05) is 23.8 Å². The maximum Gasteiger partial charge on any atom is 0.325 e. The Bertz CT molecular complexity index is 817. The van der Waals surface area contributed by atoms with Gasteiger partial charge in [0, 0.05) is 17.0 Å². The van der Waals surface area contributed by atoms with E-state index in [1.54, 1.807) is 4.90 Å². The van der Waals surface area contributed by atoms with Gasteiger partial charge in [0.25, 0.3) is 0 Å². The molecule has 1 fully saturated rings. The highest BCUT2D eigenvalue weighted by Gasteiger charge is 2.42. The summed E-state index contributed by atoms with van der Waals surface area (Å²) in [6, 6.07) is 11.2. The van der Waals surface area contributed by atoms with Crippen molar-refractivity contribution in [3.8, 4) is 0 Å². The zero-order valence-corrected chi connectivity index (χ0v) is 16.1. The molecular weight excluding hydrogens is 364 g/mol. The van der Waals surface area contributed by atoms with Gasteiger partial charge in [-0.3, -0.25) is 14.4 Å². The van der Waals surface area contributed by atoms with Crippen LogP contribution in [-0.2, 0) is 19.1 Å². The Kier molecular flexibility index (Phi) is 5.91. The molecule has 2 aromatic rings. The van der Waals surface area contributed by atoms with Crippen molar-refractivity contribution in [2.45, 2.75) is 25.8 Å². The summed E-state index contributed by atoms with van der Waals surface area (Å²) in [5, 5.41) is 4.58. The van der Waals surface area contributed by atoms with Gasteiger partial charge >= 0.3 is 5.97 Å². The lowest BCUT2D eigenvalue weighted by atomic mass is 9.86. The number of aryl methyl sites for hydroxylation is 1. The number of piperidine rings is 1. The van der Waals surface area contributed by atoms with Crippen molar-refractivity contribution in [1.29, 1.82) is 0 Å². The van der Waals surface area contributed by atoms with Gasteiger partial charge in [-0.25, -0.2) is 0 Å². The lowest BCUT2D eigenvalue weighted by Crippen LogP contribution is -2.48. The number of nitrogens with zero attached hydrogens (tertiary/aromatic N) is 1. The van der Waals surface area contributed by atoms with Crippen LogP contribution in [0, 0.1) is 12.8 Å². The Hall–Kier alpha value is -2.67. The monoisotopic (exact) mass is 386 g/mol. The molecule has 1 aliphatic rings. The number of ether oxygens (including phenoxy) is 1. The van der Waals surface area contributed by atoms with E-state index in [4.69, 9.17) is 0 Å². The van der Waals surface area contributed by atoms with Crippen molar-refractivity contribution < 1.29 is 19.1 Å². The average molecular weight is 386 g/mol. The largest absolute Gasteiger partial charge is 0.468 e. The third kappa shape index (κ3) is 4.19. The number of rotatable bonds is 5. The first-order valence-corrected chi connectivity index (χ1v) is 9.66. The number of carbonyl (C=O) groups is 3. The summed E-state index contributed by atoms with van der Waals surface area (Å²) in [5.74, 6) is -1.19. The van der Waals surface area contributed by atoms with Crippen molar-refractivity contribution in [3.63, 3.8) is 0 Å². The predicted octanol–water partition coefficient (Wildman–Crippen LogP) is 2.83. The molecular formula is C20H22N2O4S. The van der Waals surface area contributed by atoms with Crippen molar-refractivity contribution >= 4 is 34.8 Å². The maximum absolute atomic E-state index is 12.8. The number of amides is 2. The summed E-state index contributed by atoms with van der Waals surface area (Å²) in [6.07, 6.45) is 0.725. The molecule has 3 rings (SSSR count). The molecule has 0 saturated carbocycles. The fraction of sp³-hybridized carbons (Fsp3) is 0.350. The van der Waals surface area contributed by atoms with E-state index in [1.807, 2.05) is 48.7 Å². The van der Waals surface area contributed by atoms with Crippen LogP contribution in [0.4, 0.5) is 5.69 Å². The smallest absolute Gasteiger partial charge is 0.325 e. The van der Waals surface area contributed by atoms with Crippen LogP contribution in [0.15, 0.2) is 41.8 Å². The van der Waals surface area contributed by atoms with Crippen LogP contribution < -0.4 is 10.2 Å². The zero-order valence-electron chi connectivity index (χ0n) is 15.3. The number of thiophene rings is 1. The molecule has 2 unspecified atom stereocenters. The van der Waals surface area contributed by atoms with Gasteiger partial charge in [-0.2, -0.15) is 0 Å². The zero-order chi connectivity index (χ0) is 19.4. The summed E-state index contributed by atoms with van der Waals surface area (Å²) < 4.78 is 4.59.